The quantitative estimate of drug-likeness (QED) is 0.855. The molecule has 0 spiro atoms. The molecule has 0 aliphatic heterocycles. The first-order chi connectivity index (χ1) is 6.42. The zero-order chi connectivity index (χ0) is 9.10. The number of hydrogen-bond donors (Lipinski definition) is 1. The van der Waals surface area contributed by atoms with Crippen LogP contribution in [0.25, 0.3) is 11.1 Å². The minimum atomic E-state index is 0. The molecular formula is C10H11N2OY+2. The van der Waals surface area contributed by atoms with E-state index in [-0.39, 0.29) is 32.7 Å². The molecule has 68 valence electrons. The van der Waals surface area contributed by atoms with E-state index in [9.17, 15) is 0 Å². The first kappa shape index (κ1) is 11.8. The second-order valence-corrected chi connectivity index (χ2v) is 2.96. The van der Waals surface area contributed by atoms with Crippen molar-refractivity contribution in [2.45, 2.75) is 12.8 Å². The van der Waals surface area contributed by atoms with E-state index in [4.69, 9.17) is 10.2 Å². The Kier molecular flexibility index (Phi) is 4.72. The Morgan fingerprint density at radius 2 is 2.29 bits per heavy atom. The molecule has 0 aliphatic rings. The van der Waals surface area contributed by atoms with Crippen LogP contribution < -0.4 is 5.73 Å². The van der Waals surface area contributed by atoms with E-state index >= 15 is 0 Å². The Bertz CT molecular complexity index is 400. The molecule has 3 nitrogen and oxygen atoms in total. The van der Waals surface area contributed by atoms with Gasteiger partial charge in [-0.05, 0) is 30.5 Å². The molecule has 1 aromatic carbocycles. The third-order valence-electron chi connectivity index (χ3n) is 2.04. The first-order valence-corrected chi connectivity index (χ1v) is 4.36. The Labute approximate surface area is 108 Å². The molecule has 0 saturated heterocycles. The Morgan fingerprint density at radius 3 is 3.07 bits per heavy atom. The summed E-state index contributed by atoms with van der Waals surface area (Å²) in [5.74, 6) is 0. The zero-order valence-corrected chi connectivity index (χ0v) is 10.7. The number of hydrogen-bond acceptors (Lipinski definition) is 3. The van der Waals surface area contributed by atoms with Gasteiger partial charge in [-0.15, -0.1) is 6.07 Å². The molecule has 0 atom stereocenters. The van der Waals surface area contributed by atoms with Crippen LogP contribution in [0.1, 0.15) is 12.0 Å². The van der Waals surface area contributed by atoms with Gasteiger partial charge in [-0.2, -0.15) is 0 Å². The van der Waals surface area contributed by atoms with Crippen LogP contribution in [-0.2, 0) is 39.1 Å². The van der Waals surface area contributed by atoms with Gasteiger partial charge < -0.3 is 15.1 Å². The molecule has 1 heterocycles. The molecule has 2 rings (SSSR count). The molecule has 0 unspecified atom stereocenters. The number of nitrogens with zero attached hydrogens (tertiary/aromatic N) is 1. The molecule has 2 aromatic rings. The standard InChI is InChI=1S/C10H11N2O.Y/c11-6-2-4-8-3-1-5-9-10(8)13-7-12-9;/h1,3,5H,2,4,6,11H2;/q-1;+3. The second-order valence-electron chi connectivity index (χ2n) is 2.96. The van der Waals surface area contributed by atoms with Crippen LogP contribution in [0.5, 0.6) is 0 Å². The van der Waals surface area contributed by atoms with E-state index < -0.39 is 0 Å². The first-order valence-electron chi connectivity index (χ1n) is 4.36. The summed E-state index contributed by atoms with van der Waals surface area (Å²) in [6.45, 7) is 0.703. The molecule has 1 aromatic heterocycles. The van der Waals surface area contributed by atoms with Crippen LogP contribution in [-0.4, -0.2) is 11.5 Å². The average Bonchev–Trinajstić information content (AvgIpc) is 2.62. The van der Waals surface area contributed by atoms with Crippen molar-refractivity contribution in [3.63, 3.8) is 0 Å². The summed E-state index contributed by atoms with van der Waals surface area (Å²) in [6, 6.07) is 5.93. The maximum Gasteiger partial charge on any atom is 3.00 e. The molecule has 2 N–H and O–H groups in total. The van der Waals surface area contributed by atoms with Gasteiger partial charge in [0.05, 0.1) is 0 Å². The number of benzene rings is 1. The summed E-state index contributed by atoms with van der Waals surface area (Å²) in [4.78, 5) is 3.96. The van der Waals surface area contributed by atoms with Crippen molar-refractivity contribution in [3.8, 4) is 0 Å². The van der Waals surface area contributed by atoms with E-state index in [1.807, 2.05) is 18.2 Å². The number of aryl methyl sites for hydroxylation is 1. The Hall–Kier alpha value is -0.246. The topological polar surface area (TPSA) is 52.0 Å². The number of oxazole rings is 1. The van der Waals surface area contributed by atoms with Gasteiger partial charge in [0.15, 0.2) is 0 Å². The van der Waals surface area contributed by atoms with Gasteiger partial charge in [-0.3, -0.25) is 0 Å². The predicted octanol–water partition coefficient (Wildman–Crippen LogP) is 1.52. The molecular weight excluding hydrogens is 253 g/mol. The summed E-state index contributed by atoms with van der Waals surface area (Å²) in [5.41, 5.74) is 8.32. The summed E-state index contributed by atoms with van der Waals surface area (Å²) in [5, 5.41) is 0. The molecule has 0 aliphatic carbocycles. The average molecular weight is 264 g/mol. The SMILES string of the molecule is NCCCc1cccc2n[c-]oc12.[Y+3]. The van der Waals surface area contributed by atoms with Crippen LogP contribution in [0.3, 0.4) is 0 Å². The number of aromatic nitrogens is 1. The van der Waals surface area contributed by atoms with Gasteiger partial charge >= 0.3 is 32.7 Å². The maximum absolute atomic E-state index is 5.44. The van der Waals surface area contributed by atoms with Gasteiger partial charge in [0.2, 0.25) is 0 Å². The van der Waals surface area contributed by atoms with Crippen molar-refractivity contribution >= 4 is 11.1 Å². The number of rotatable bonds is 3. The fraction of sp³-hybridized carbons (Fsp3) is 0.300. The summed E-state index contributed by atoms with van der Waals surface area (Å²) >= 11 is 0. The van der Waals surface area contributed by atoms with E-state index in [1.165, 1.54) is 0 Å². The minimum absolute atomic E-state index is 0. The fourth-order valence-electron chi connectivity index (χ4n) is 1.38. The smallest absolute Gasteiger partial charge is 0.573 e. The van der Waals surface area contributed by atoms with Crippen LogP contribution in [0, 0.1) is 6.39 Å². The largest absolute Gasteiger partial charge is 3.00 e. The third-order valence-corrected chi connectivity index (χ3v) is 2.04. The number of nitrogens with two attached hydrogens (primary N) is 1. The molecule has 0 radical (unpaired) electrons. The minimum Gasteiger partial charge on any atom is -0.573 e. The van der Waals surface area contributed by atoms with Crippen LogP contribution in [0.2, 0.25) is 0 Å². The van der Waals surface area contributed by atoms with Gasteiger partial charge in [-0.1, -0.05) is 17.7 Å². The van der Waals surface area contributed by atoms with Crippen molar-refractivity contribution in [1.29, 1.82) is 0 Å². The molecule has 4 heteroatoms. The molecule has 14 heavy (non-hydrogen) atoms. The summed E-state index contributed by atoms with van der Waals surface area (Å²) < 4.78 is 5.17. The molecule has 0 fully saturated rings. The van der Waals surface area contributed by atoms with Gasteiger partial charge in [0, 0.05) is 0 Å². The Morgan fingerprint density at radius 1 is 1.43 bits per heavy atom. The van der Waals surface area contributed by atoms with E-state index in [0.29, 0.717) is 6.54 Å². The zero-order valence-electron chi connectivity index (χ0n) is 7.86. The van der Waals surface area contributed by atoms with E-state index in [0.717, 1.165) is 29.5 Å². The van der Waals surface area contributed by atoms with Crippen LogP contribution >= 0.6 is 0 Å². The Balaban J connectivity index is 0.000000980. The number of para-hydroxylation sites is 1. The van der Waals surface area contributed by atoms with E-state index in [2.05, 4.69) is 11.4 Å². The number of fused-ring (bicyclic) bond motifs is 1. The van der Waals surface area contributed by atoms with Gasteiger partial charge in [-0.25, -0.2) is 0 Å². The monoisotopic (exact) mass is 264 g/mol. The summed E-state index contributed by atoms with van der Waals surface area (Å²) in [6.07, 6.45) is 4.41. The third kappa shape index (κ3) is 2.41. The van der Waals surface area contributed by atoms with Crippen molar-refractivity contribution < 1.29 is 37.1 Å². The molecule has 0 amide bonds. The normalized spacial score (nSPS) is 10.1. The fourth-order valence-corrected chi connectivity index (χ4v) is 1.38. The second kappa shape index (κ2) is 5.59. The summed E-state index contributed by atoms with van der Waals surface area (Å²) in [7, 11) is 0. The van der Waals surface area contributed by atoms with Gasteiger partial charge in [0.1, 0.15) is 6.39 Å². The predicted molar refractivity (Wildman–Crippen MR) is 50.2 cm³/mol. The van der Waals surface area contributed by atoms with Crippen molar-refractivity contribution in [2.24, 2.45) is 5.73 Å². The van der Waals surface area contributed by atoms with E-state index in [1.54, 1.807) is 0 Å². The van der Waals surface area contributed by atoms with Crippen molar-refractivity contribution in [2.75, 3.05) is 6.54 Å². The van der Waals surface area contributed by atoms with Crippen LogP contribution in [0.15, 0.2) is 22.6 Å². The van der Waals surface area contributed by atoms with Crippen molar-refractivity contribution in [3.05, 3.63) is 30.2 Å². The van der Waals surface area contributed by atoms with Crippen LogP contribution in [0.4, 0.5) is 0 Å². The molecule has 0 bridgehead atoms. The molecule has 0 saturated carbocycles. The van der Waals surface area contributed by atoms with Gasteiger partial charge in [0.25, 0.3) is 0 Å². The van der Waals surface area contributed by atoms with Crippen molar-refractivity contribution in [1.82, 2.24) is 4.98 Å². The maximum atomic E-state index is 5.44.